The number of aliphatic hydroxyl groups is 1. The summed E-state index contributed by atoms with van der Waals surface area (Å²) in [6, 6.07) is 4.21. The predicted molar refractivity (Wildman–Crippen MR) is 110 cm³/mol. The number of halogens is 1. The van der Waals surface area contributed by atoms with Crippen molar-refractivity contribution < 1.29 is 9.52 Å². The van der Waals surface area contributed by atoms with Crippen LogP contribution in [0, 0.1) is 0 Å². The number of aliphatic hydroxyl groups excluding tert-OH is 1. The molecule has 3 heterocycles. The minimum atomic E-state index is -0.239. The predicted octanol–water partition coefficient (Wildman–Crippen LogP) is 2.46. The summed E-state index contributed by atoms with van der Waals surface area (Å²) in [6.45, 7) is 7.35. The van der Waals surface area contributed by atoms with Gasteiger partial charge in [0, 0.05) is 19.6 Å². The third-order valence-electron chi connectivity index (χ3n) is 4.91. The number of guanidine groups is 1. The van der Waals surface area contributed by atoms with Crippen LogP contribution in [0.4, 0.5) is 0 Å². The summed E-state index contributed by atoms with van der Waals surface area (Å²) in [5.41, 5.74) is 0. The van der Waals surface area contributed by atoms with E-state index < -0.39 is 0 Å². The largest absolute Gasteiger partial charge is 0.468 e. The van der Waals surface area contributed by atoms with Crippen LogP contribution in [-0.2, 0) is 0 Å². The first-order valence-corrected chi connectivity index (χ1v) is 9.26. The Labute approximate surface area is 167 Å². The lowest BCUT2D eigenvalue weighted by molar-refractivity contribution is 0.150. The molecular formula is C18H31IN4O2. The van der Waals surface area contributed by atoms with Gasteiger partial charge in [-0.15, -0.1) is 24.0 Å². The van der Waals surface area contributed by atoms with Crippen molar-refractivity contribution in [1.29, 1.82) is 0 Å². The first-order chi connectivity index (χ1) is 11.8. The zero-order valence-corrected chi connectivity index (χ0v) is 17.4. The topological polar surface area (TPSA) is 64.2 Å². The summed E-state index contributed by atoms with van der Waals surface area (Å²) in [7, 11) is 0. The average Bonchev–Trinajstić information content (AvgIpc) is 3.27. The fourth-order valence-corrected chi connectivity index (χ4v) is 3.63. The van der Waals surface area contributed by atoms with Crippen LogP contribution in [0.25, 0.3) is 0 Å². The Hall–Kier alpha value is -0.800. The van der Waals surface area contributed by atoms with Crippen LogP contribution in [0.15, 0.2) is 27.8 Å². The Balaban J connectivity index is 0.00000225. The van der Waals surface area contributed by atoms with Crippen molar-refractivity contribution in [2.24, 2.45) is 4.99 Å². The second-order valence-corrected chi connectivity index (χ2v) is 6.71. The standard InChI is InChI=1S/C18H30N4O2.HI/c1-2-19-18(22-11-8-15(23)14-22)20-13-16(17-7-6-12-24-17)21-9-4-3-5-10-21;/h6-7,12,15-16,23H,2-5,8-11,13-14H2,1H3,(H,19,20);1H/t15-,16?;/m1./s1. The van der Waals surface area contributed by atoms with Crippen LogP contribution in [0.2, 0.25) is 0 Å². The minimum Gasteiger partial charge on any atom is -0.468 e. The lowest BCUT2D eigenvalue weighted by atomic mass is 10.1. The monoisotopic (exact) mass is 462 g/mol. The van der Waals surface area contributed by atoms with Gasteiger partial charge in [-0.3, -0.25) is 9.89 Å². The fraction of sp³-hybridized carbons (Fsp3) is 0.722. The number of piperidine rings is 1. The van der Waals surface area contributed by atoms with Gasteiger partial charge in [0.1, 0.15) is 5.76 Å². The molecule has 2 fully saturated rings. The molecule has 0 saturated carbocycles. The molecule has 2 aliphatic rings. The van der Waals surface area contributed by atoms with E-state index in [0.717, 1.165) is 44.3 Å². The Morgan fingerprint density at radius 3 is 2.76 bits per heavy atom. The molecule has 3 rings (SSSR count). The second kappa shape index (κ2) is 10.4. The highest BCUT2D eigenvalue weighted by Crippen LogP contribution is 2.25. The fourth-order valence-electron chi connectivity index (χ4n) is 3.63. The van der Waals surface area contributed by atoms with Gasteiger partial charge in [-0.05, 0) is 51.4 Å². The van der Waals surface area contributed by atoms with Gasteiger partial charge in [0.05, 0.1) is 25.0 Å². The molecule has 2 atom stereocenters. The van der Waals surface area contributed by atoms with Crippen molar-refractivity contribution in [3.8, 4) is 0 Å². The average molecular weight is 462 g/mol. The maximum atomic E-state index is 9.80. The van der Waals surface area contributed by atoms with Crippen molar-refractivity contribution in [3.05, 3.63) is 24.2 Å². The van der Waals surface area contributed by atoms with E-state index in [2.05, 4.69) is 28.1 Å². The van der Waals surface area contributed by atoms with Crippen molar-refractivity contribution in [2.75, 3.05) is 39.3 Å². The molecule has 2 saturated heterocycles. The lowest BCUT2D eigenvalue weighted by Gasteiger charge is -2.33. The van der Waals surface area contributed by atoms with Crippen LogP contribution in [0.1, 0.15) is 44.4 Å². The molecule has 2 aliphatic heterocycles. The summed E-state index contributed by atoms with van der Waals surface area (Å²) in [5.74, 6) is 1.90. The van der Waals surface area contributed by atoms with E-state index in [4.69, 9.17) is 9.41 Å². The Kier molecular flexibility index (Phi) is 8.51. The van der Waals surface area contributed by atoms with Crippen LogP contribution < -0.4 is 5.32 Å². The lowest BCUT2D eigenvalue weighted by Crippen LogP contribution is -2.41. The van der Waals surface area contributed by atoms with Crippen molar-refractivity contribution in [3.63, 3.8) is 0 Å². The van der Waals surface area contributed by atoms with Crippen LogP contribution in [0.5, 0.6) is 0 Å². The molecule has 6 nitrogen and oxygen atoms in total. The SMILES string of the molecule is CCNC(=NCC(c1ccco1)N1CCCCC1)N1CC[C@@H](O)C1.I. The molecule has 0 spiro atoms. The number of nitrogens with one attached hydrogen (secondary N) is 1. The minimum absolute atomic E-state index is 0. The molecule has 0 amide bonds. The van der Waals surface area contributed by atoms with E-state index in [-0.39, 0.29) is 36.1 Å². The third-order valence-corrected chi connectivity index (χ3v) is 4.91. The number of aliphatic imine (C=N–C) groups is 1. The molecule has 7 heteroatoms. The van der Waals surface area contributed by atoms with E-state index in [1.54, 1.807) is 6.26 Å². The van der Waals surface area contributed by atoms with Gasteiger partial charge in [0.15, 0.2) is 5.96 Å². The van der Waals surface area contributed by atoms with E-state index in [1.807, 2.05) is 6.07 Å². The van der Waals surface area contributed by atoms with Crippen molar-refractivity contribution >= 4 is 29.9 Å². The summed E-state index contributed by atoms with van der Waals surface area (Å²) in [5, 5.41) is 13.2. The Morgan fingerprint density at radius 2 is 2.16 bits per heavy atom. The number of hydrogen-bond acceptors (Lipinski definition) is 4. The highest BCUT2D eigenvalue weighted by Gasteiger charge is 2.26. The van der Waals surface area contributed by atoms with Gasteiger partial charge in [0.2, 0.25) is 0 Å². The van der Waals surface area contributed by atoms with E-state index in [9.17, 15) is 5.11 Å². The molecule has 0 bridgehead atoms. The molecular weight excluding hydrogens is 431 g/mol. The number of rotatable bonds is 5. The van der Waals surface area contributed by atoms with Crippen LogP contribution in [0.3, 0.4) is 0 Å². The number of hydrogen-bond donors (Lipinski definition) is 2. The molecule has 0 radical (unpaired) electrons. The maximum Gasteiger partial charge on any atom is 0.194 e. The van der Waals surface area contributed by atoms with Gasteiger partial charge in [0.25, 0.3) is 0 Å². The zero-order valence-electron chi connectivity index (χ0n) is 15.1. The molecule has 1 unspecified atom stereocenters. The Morgan fingerprint density at radius 1 is 1.36 bits per heavy atom. The number of β-amino-alcohol motifs (C(OH)–C–C–N with tert-alkyl or cyclic N) is 1. The highest BCUT2D eigenvalue weighted by molar-refractivity contribution is 14.0. The molecule has 25 heavy (non-hydrogen) atoms. The normalized spacial score (nSPS) is 23.4. The maximum absolute atomic E-state index is 9.80. The molecule has 2 N–H and O–H groups in total. The zero-order chi connectivity index (χ0) is 16.8. The quantitative estimate of drug-likeness (QED) is 0.400. The summed E-state index contributed by atoms with van der Waals surface area (Å²) in [4.78, 5) is 9.53. The van der Waals surface area contributed by atoms with Gasteiger partial charge in [-0.1, -0.05) is 6.42 Å². The number of furan rings is 1. The number of likely N-dealkylation sites (tertiary alicyclic amines) is 2. The van der Waals surface area contributed by atoms with Gasteiger partial charge in [-0.2, -0.15) is 0 Å². The smallest absolute Gasteiger partial charge is 0.194 e. The second-order valence-electron chi connectivity index (χ2n) is 6.71. The van der Waals surface area contributed by atoms with Gasteiger partial charge >= 0.3 is 0 Å². The summed E-state index contributed by atoms with van der Waals surface area (Å²) < 4.78 is 5.70. The first-order valence-electron chi connectivity index (χ1n) is 9.26. The Bertz CT molecular complexity index is 517. The van der Waals surface area contributed by atoms with Crippen molar-refractivity contribution in [2.45, 2.75) is 44.8 Å². The van der Waals surface area contributed by atoms with E-state index >= 15 is 0 Å². The van der Waals surface area contributed by atoms with Crippen LogP contribution in [-0.4, -0.2) is 66.2 Å². The highest BCUT2D eigenvalue weighted by atomic mass is 127. The third kappa shape index (κ3) is 5.59. The van der Waals surface area contributed by atoms with Gasteiger partial charge in [-0.25, -0.2) is 0 Å². The number of nitrogens with zero attached hydrogens (tertiary/aromatic N) is 3. The molecule has 1 aromatic heterocycles. The van der Waals surface area contributed by atoms with E-state index in [1.165, 1.54) is 19.3 Å². The van der Waals surface area contributed by atoms with Crippen molar-refractivity contribution in [1.82, 2.24) is 15.1 Å². The summed E-state index contributed by atoms with van der Waals surface area (Å²) >= 11 is 0. The molecule has 142 valence electrons. The van der Waals surface area contributed by atoms with Gasteiger partial charge < -0.3 is 19.7 Å². The molecule has 1 aromatic rings. The van der Waals surface area contributed by atoms with E-state index in [0.29, 0.717) is 13.1 Å². The summed E-state index contributed by atoms with van der Waals surface area (Å²) in [6.07, 6.45) is 6.14. The van der Waals surface area contributed by atoms with Crippen LogP contribution >= 0.6 is 24.0 Å². The first kappa shape index (κ1) is 20.5. The molecule has 0 aromatic carbocycles. The molecule has 0 aliphatic carbocycles.